The van der Waals surface area contributed by atoms with Gasteiger partial charge >= 0.3 is 6.09 Å². The van der Waals surface area contributed by atoms with E-state index in [1.54, 1.807) is 32.9 Å². The van der Waals surface area contributed by atoms with Crippen LogP contribution in [-0.4, -0.2) is 24.1 Å². The minimum absolute atomic E-state index is 0.318. The summed E-state index contributed by atoms with van der Waals surface area (Å²) in [5.41, 5.74) is 5.78. The number of azo groups is 1. The summed E-state index contributed by atoms with van der Waals surface area (Å²) in [6, 6.07) is 4.68. The van der Waals surface area contributed by atoms with Crippen LogP contribution in [0.25, 0.3) is 0 Å². The van der Waals surface area contributed by atoms with E-state index in [0.717, 1.165) is 0 Å². The first-order chi connectivity index (χ1) is 9.67. The van der Waals surface area contributed by atoms with Gasteiger partial charge in [0.15, 0.2) is 0 Å². The Hall–Kier alpha value is -2.15. The van der Waals surface area contributed by atoms with E-state index in [-0.39, 0.29) is 6.54 Å². The maximum atomic E-state index is 11.6. The van der Waals surface area contributed by atoms with Gasteiger partial charge in [0, 0.05) is 5.02 Å². The largest absolute Gasteiger partial charge is 0.452 e. The van der Waals surface area contributed by atoms with Gasteiger partial charge in [0.25, 0.3) is 0 Å². The van der Waals surface area contributed by atoms with Crippen molar-refractivity contribution in [3.63, 3.8) is 0 Å². The van der Waals surface area contributed by atoms with E-state index in [2.05, 4.69) is 15.5 Å². The van der Waals surface area contributed by atoms with Gasteiger partial charge in [-0.1, -0.05) is 16.7 Å². The third-order valence-electron chi connectivity index (χ3n) is 2.05. The van der Waals surface area contributed by atoms with E-state index >= 15 is 0 Å². The summed E-state index contributed by atoms with van der Waals surface area (Å²) in [7, 11) is 0. The lowest BCUT2D eigenvalue weighted by molar-refractivity contribution is -0.114. The fraction of sp³-hybridized carbons (Fsp3) is 0.385. The van der Waals surface area contributed by atoms with Crippen molar-refractivity contribution < 1.29 is 14.3 Å². The van der Waals surface area contributed by atoms with Gasteiger partial charge in [0.2, 0.25) is 5.91 Å². The molecule has 0 aromatic heterocycles. The zero-order valence-electron chi connectivity index (χ0n) is 12.0. The minimum atomic E-state index is -0.846. The highest BCUT2D eigenvalue weighted by Crippen LogP contribution is 2.22. The molecule has 2 amide bonds. The van der Waals surface area contributed by atoms with Crippen molar-refractivity contribution in [2.24, 2.45) is 10.2 Å². The Kier molecular flexibility index (Phi) is 5.66. The number of nitrogens with zero attached hydrogens (tertiary/aromatic N) is 2. The lowest BCUT2D eigenvalue weighted by Gasteiger charge is -2.16. The number of carbonyl (C=O) groups is 2. The molecule has 0 heterocycles. The van der Waals surface area contributed by atoms with Gasteiger partial charge in [-0.3, -0.25) is 4.79 Å². The van der Waals surface area contributed by atoms with Crippen LogP contribution in [0.4, 0.5) is 16.2 Å². The third kappa shape index (κ3) is 6.71. The van der Waals surface area contributed by atoms with Crippen LogP contribution >= 0.6 is 11.6 Å². The number of carbonyl (C=O) groups excluding carboxylic acids is 2. The second kappa shape index (κ2) is 7.03. The summed E-state index contributed by atoms with van der Waals surface area (Å²) in [6.45, 7) is 4.80. The molecule has 0 saturated heterocycles. The van der Waals surface area contributed by atoms with E-state index < -0.39 is 17.6 Å². The number of hydrogen-bond donors (Lipinski definition) is 2. The van der Waals surface area contributed by atoms with Gasteiger partial charge < -0.3 is 15.8 Å². The van der Waals surface area contributed by atoms with Crippen molar-refractivity contribution in [3.05, 3.63) is 23.2 Å². The molecule has 0 saturated carbocycles. The summed E-state index contributed by atoms with van der Waals surface area (Å²) >= 11 is 5.75. The molecule has 1 rings (SSSR count). The van der Waals surface area contributed by atoms with Crippen LogP contribution in [0.2, 0.25) is 5.02 Å². The van der Waals surface area contributed by atoms with Crippen molar-refractivity contribution in [3.8, 4) is 0 Å². The fourth-order valence-corrected chi connectivity index (χ4v) is 1.46. The molecular formula is C13H17ClN4O3. The summed E-state index contributed by atoms with van der Waals surface area (Å²) in [4.78, 5) is 22.9. The number of nitrogen functional groups attached to an aromatic ring is 1. The summed E-state index contributed by atoms with van der Waals surface area (Å²) in [5.74, 6) is -0.462. The first-order valence-corrected chi connectivity index (χ1v) is 6.50. The number of nitrogens with two attached hydrogens (primary N) is 1. The van der Waals surface area contributed by atoms with Crippen LogP contribution in [0.15, 0.2) is 28.4 Å². The van der Waals surface area contributed by atoms with E-state index in [1.807, 2.05) is 0 Å². The molecule has 0 aliphatic rings. The highest BCUT2D eigenvalue weighted by atomic mass is 35.5. The van der Waals surface area contributed by atoms with Crippen LogP contribution in [0.5, 0.6) is 0 Å². The molecular weight excluding hydrogens is 296 g/mol. The lowest BCUT2D eigenvalue weighted by Crippen LogP contribution is -2.22. The van der Waals surface area contributed by atoms with E-state index in [4.69, 9.17) is 22.1 Å². The van der Waals surface area contributed by atoms with Crippen LogP contribution < -0.4 is 11.1 Å². The average Bonchev–Trinajstić information content (AvgIpc) is 2.30. The molecule has 0 aliphatic heterocycles. The Labute approximate surface area is 127 Å². The maximum absolute atomic E-state index is 11.6. The first-order valence-electron chi connectivity index (χ1n) is 6.13. The number of ether oxygens (including phenoxy) is 1. The zero-order chi connectivity index (χ0) is 16.0. The van der Waals surface area contributed by atoms with Crippen molar-refractivity contribution in [2.75, 3.05) is 17.6 Å². The smallest absolute Gasteiger partial charge is 0.441 e. The van der Waals surface area contributed by atoms with Gasteiger partial charge in [-0.25, -0.2) is 4.79 Å². The number of benzene rings is 1. The average molecular weight is 313 g/mol. The highest BCUT2D eigenvalue weighted by Gasteiger charge is 2.15. The molecule has 0 radical (unpaired) electrons. The summed E-state index contributed by atoms with van der Waals surface area (Å²) in [5, 5.41) is 9.75. The van der Waals surface area contributed by atoms with Gasteiger partial charge in [0.1, 0.15) is 12.1 Å². The Balaban J connectivity index is 2.49. The van der Waals surface area contributed by atoms with Crippen molar-refractivity contribution >= 4 is 35.0 Å². The first kappa shape index (κ1) is 16.9. The molecule has 114 valence electrons. The van der Waals surface area contributed by atoms with Crippen LogP contribution in [0, 0.1) is 0 Å². The molecule has 3 N–H and O–H groups in total. The molecule has 0 aliphatic carbocycles. The van der Waals surface area contributed by atoms with E-state index in [0.29, 0.717) is 16.4 Å². The highest BCUT2D eigenvalue weighted by molar-refractivity contribution is 6.31. The Morgan fingerprint density at radius 1 is 1.38 bits per heavy atom. The second-order valence-electron chi connectivity index (χ2n) is 5.16. The Morgan fingerprint density at radius 3 is 2.62 bits per heavy atom. The molecule has 0 unspecified atom stereocenters. The molecule has 7 nitrogen and oxygen atoms in total. The van der Waals surface area contributed by atoms with E-state index in [1.165, 1.54) is 6.07 Å². The van der Waals surface area contributed by atoms with Crippen LogP contribution in [0.1, 0.15) is 20.8 Å². The zero-order valence-corrected chi connectivity index (χ0v) is 12.8. The predicted octanol–water partition coefficient (Wildman–Crippen LogP) is 3.25. The molecule has 0 bridgehead atoms. The van der Waals surface area contributed by atoms with E-state index in [9.17, 15) is 9.59 Å². The lowest BCUT2D eigenvalue weighted by atomic mass is 10.2. The number of anilines is 2. The van der Waals surface area contributed by atoms with Gasteiger partial charge in [0.05, 0.1) is 11.4 Å². The van der Waals surface area contributed by atoms with Crippen molar-refractivity contribution in [2.45, 2.75) is 26.4 Å². The van der Waals surface area contributed by atoms with Crippen LogP contribution in [-0.2, 0) is 9.53 Å². The molecule has 1 aromatic carbocycles. The van der Waals surface area contributed by atoms with Crippen molar-refractivity contribution in [1.29, 1.82) is 0 Å². The predicted molar refractivity (Wildman–Crippen MR) is 80.5 cm³/mol. The Bertz CT molecular complexity index is 567. The van der Waals surface area contributed by atoms with Gasteiger partial charge in [-0.15, -0.1) is 0 Å². The SMILES string of the molecule is CC(C)(C)OC(=O)N=NCC(=O)Nc1ccc(Cl)cc1N. The monoisotopic (exact) mass is 312 g/mol. The summed E-state index contributed by atoms with van der Waals surface area (Å²) < 4.78 is 4.90. The molecule has 0 atom stereocenters. The number of rotatable bonds is 3. The third-order valence-corrected chi connectivity index (χ3v) is 2.28. The molecule has 8 heteroatoms. The maximum Gasteiger partial charge on any atom is 0.452 e. The normalized spacial score (nSPS) is 11.4. The number of hydrogen-bond acceptors (Lipinski definition) is 5. The number of halogens is 1. The quantitative estimate of drug-likeness (QED) is 0.660. The second-order valence-corrected chi connectivity index (χ2v) is 5.60. The molecule has 1 aromatic rings. The fourth-order valence-electron chi connectivity index (χ4n) is 1.28. The topological polar surface area (TPSA) is 106 Å². The van der Waals surface area contributed by atoms with Crippen LogP contribution in [0.3, 0.4) is 0 Å². The Morgan fingerprint density at radius 2 is 2.05 bits per heavy atom. The number of amides is 2. The number of nitrogens with one attached hydrogen (secondary N) is 1. The van der Waals surface area contributed by atoms with Gasteiger partial charge in [-0.2, -0.15) is 5.11 Å². The molecule has 21 heavy (non-hydrogen) atoms. The van der Waals surface area contributed by atoms with Crippen molar-refractivity contribution in [1.82, 2.24) is 0 Å². The summed E-state index contributed by atoms with van der Waals surface area (Å²) in [6.07, 6.45) is -0.846. The van der Waals surface area contributed by atoms with Gasteiger partial charge in [-0.05, 0) is 39.0 Å². The standard InChI is InChI=1S/C13H17ClN4O3/c1-13(2,3)21-12(20)18-16-7-11(19)17-10-5-4-8(14)6-9(10)15/h4-6H,7,15H2,1-3H3,(H,17,19). The molecule has 0 fully saturated rings. The molecule has 0 spiro atoms. The minimum Gasteiger partial charge on any atom is -0.441 e.